The average Bonchev–Trinajstić information content (AvgIpc) is 2.39. The smallest absolute Gasteiger partial charge is 0.331 e. The van der Waals surface area contributed by atoms with Gasteiger partial charge in [-0.25, -0.2) is 4.79 Å². The Morgan fingerprint density at radius 3 is 2.91 bits per heavy atom. The standard InChI is InChI=1S/C9H10O2/c1-7(9(10)11)6-8-4-2-3-5-8/h2-4,6H,5H2,1H3,(H,10,11). The molecule has 0 radical (unpaired) electrons. The van der Waals surface area contributed by atoms with Crippen molar-refractivity contribution in [3.63, 3.8) is 0 Å². The Morgan fingerprint density at radius 2 is 2.45 bits per heavy atom. The van der Waals surface area contributed by atoms with E-state index in [-0.39, 0.29) is 0 Å². The highest BCUT2D eigenvalue weighted by atomic mass is 16.4. The quantitative estimate of drug-likeness (QED) is 0.610. The molecule has 1 rings (SSSR count). The molecule has 1 N–H and O–H groups in total. The molecule has 0 atom stereocenters. The number of carboxylic acids is 1. The van der Waals surface area contributed by atoms with Crippen molar-refractivity contribution in [3.8, 4) is 0 Å². The lowest BCUT2D eigenvalue weighted by atomic mass is 10.1. The van der Waals surface area contributed by atoms with E-state index in [4.69, 9.17) is 5.11 Å². The summed E-state index contributed by atoms with van der Waals surface area (Å²) in [5.41, 5.74) is 1.45. The molecule has 1 aliphatic rings. The highest BCUT2D eigenvalue weighted by Gasteiger charge is 2.01. The molecule has 2 nitrogen and oxygen atoms in total. The van der Waals surface area contributed by atoms with Crippen LogP contribution in [0.25, 0.3) is 0 Å². The predicted octanol–water partition coefficient (Wildman–Crippen LogP) is 1.90. The van der Waals surface area contributed by atoms with Crippen LogP contribution in [0.1, 0.15) is 13.3 Å². The summed E-state index contributed by atoms with van der Waals surface area (Å²) in [4.78, 5) is 10.4. The van der Waals surface area contributed by atoms with Gasteiger partial charge >= 0.3 is 5.97 Å². The van der Waals surface area contributed by atoms with Crippen molar-refractivity contribution >= 4 is 5.97 Å². The minimum atomic E-state index is -0.849. The van der Waals surface area contributed by atoms with E-state index in [2.05, 4.69) is 0 Å². The van der Waals surface area contributed by atoms with Gasteiger partial charge in [-0.15, -0.1) is 0 Å². The maximum atomic E-state index is 10.4. The summed E-state index contributed by atoms with van der Waals surface area (Å²) < 4.78 is 0. The van der Waals surface area contributed by atoms with Gasteiger partial charge < -0.3 is 5.11 Å². The highest BCUT2D eigenvalue weighted by Crippen LogP contribution is 2.13. The number of rotatable bonds is 2. The number of allylic oxidation sites excluding steroid dienone is 5. The monoisotopic (exact) mass is 150 g/mol. The minimum absolute atomic E-state index is 0.389. The van der Waals surface area contributed by atoms with Crippen molar-refractivity contribution < 1.29 is 9.90 Å². The molecule has 11 heavy (non-hydrogen) atoms. The lowest BCUT2D eigenvalue weighted by Gasteiger charge is -1.93. The fourth-order valence-corrected chi connectivity index (χ4v) is 0.911. The Balaban J connectivity index is 2.66. The maximum absolute atomic E-state index is 10.4. The van der Waals surface area contributed by atoms with Crippen LogP contribution in [-0.2, 0) is 4.79 Å². The number of carboxylic acid groups (broad SMARTS) is 1. The van der Waals surface area contributed by atoms with Gasteiger partial charge in [0.15, 0.2) is 0 Å². The molecule has 2 heteroatoms. The van der Waals surface area contributed by atoms with E-state index in [1.54, 1.807) is 13.0 Å². The van der Waals surface area contributed by atoms with Gasteiger partial charge in [0, 0.05) is 5.57 Å². The predicted molar refractivity (Wildman–Crippen MR) is 43.2 cm³/mol. The van der Waals surface area contributed by atoms with E-state index in [1.165, 1.54) is 0 Å². The Morgan fingerprint density at radius 1 is 1.73 bits per heavy atom. The number of hydrogen-bond acceptors (Lipinski definition) is 1. The number of aliphatic carboxylic acids is 1. The molecule has 0 aromatic heterocycles. The van der Waals surface area contributed by atoms with Crippen LogP contribution >= 0.6 is 0 Å². The minimum Gasteiger partial charge on any atom is -0.478 e. The summed E-state index contributed by atoms with van der Waals surface area (Å²) in [5.74, 6) is -0.849. The van der Waals surface area contributed by atoms with Gasteiger partial charge in [-0.3, -0.25) is 0 Å². The van der Waals surface area contributed by atoms with Crippen molar-refractivity contribution in [1.82, 2.24) is 0 Å². The Bertz CT molecular complexity index is 257. The topological polar surface area (TPSA) is 37.3 Å². The SMILES string of the molecule is CC(=CC1=CC=CC1)C(=O)O. The Hall–Kier alpha value is -1.31. The van der Waals surface area contributed by atoms with Gasteiger partial charge in [-0.1, -0.05) is 18.2 Å². The second-order valence-electron chi connectivity index (χ2n) is 2.51. The highest BCUT2D eigenvalue weighted by molar-refractivity contribution is 5.86. The van der Waals surface area contributed by atoms with Crippen LogP contribution in [0.2, 0.25) is 0 Å². The van der Waals surface area contributed by atoms with Crippen LogP contribution in [-0.4, -0.2) is 11.1 Å². The third-order valence-corrected chi connectivity index (χ3v) is 1.54. The van der Waals surface area contributed by atoms with Gasteiger partial charge in [0.2, 0.25) is 0 Å². The molecular weight excluding hydrogens is 140 g/mol. The van der Waals surface area contributed by atoms with Crippen molar-refractivity contribution in [3.05, 3.63) is 35.5 Å². The zero-order valence-corrected chi connectivity index (χ0v) is 6.37. The molecule has 1 aliphatic carbocycles. The van der Waals surface area contributed by atoms with Crippen LogP contribution < -0.4 is 0 Å². The molecular formula is C9H10O2. The zero-order chi connectivity index (χ0) is 8.27. The van der Waals surface area contributed by atoms with E-state index in [0.29, 0.717) is 5.57 Å². The summed E-state index contributed by atoms with van der Waals surface area (Å²) in [7, 11) is 0. The molecule has 0 saturated heterocycles. The summed E-state index contributed by atoms with van der Waals surface area (Å²) in [5, 5.41) is 8.53. The first-order chi connectivity index (χ1) is 5.20. The molecule has 0 bridgehead atoms. The van der Waals surface area contributed by atoms with Crippen LogP contribution in [0.4, 0.5) is 0 Å². The van der Waals surface area contributed by atoms with Gasteiger partial charge in [0.25, 0.3) is 0 Å². The van der Waals surface area contributed by atoms with Crippen LogP contribution in [0.15, 0.2) is 35.5 Å². The van der Waals surface area contributed by atoms with E-state index >= 15 is 0 Å². The summed E-state index contributed by atoms with van der Waals surface area (Å²) in [6, 6.07) is 0. The lowest BCUT2D eigenvalue weighted by Crippen LogP contribution is -1.95. The van der Waals surface area contributed by atoms with Crippen molar-refractivity contribution in [1.29, 1.82) is 0 Å². The first kappa shape index (κ1) is 7.79. The number of carbonyl (C=O) groups is 1. The average molecular weight is 150 g/mol. The molecule has 0 aromatic carbocycles. The van der Waals surface area contributed by atoms with Gasteiger partial charge in [-0.05, 0) is 25.0 Å². The fourth-order valence-electron chi connectivity index (χ4n) is 0.911. The molecule has 0 fully saturated rings. The second-order valence-corrected chi connectivity index (χ2v) is 2.51. The lowest BCUT2D eigenvalue weighted by molar-refractivity contribution is -0.132. The fraction of sp³-hybridized carbons (Fsp3) is 0.222. The third-order valence-electron chi connectivity index (χ3n) is 1.54. The molecule has 0 amide bonds. The van der Waals surface area contributed by atoms with Gasteiger partial charge in [0.1, 0.15) is 0 Å². The van der Waals surface area contributed by atoms with Crippen molar-refractivity contribution in [2.75, 3.05) is 0 Å². The summed E-state index contributed by atoms with van der Waals surface area (Å²) in [6.45, 7) is 1.60. The second kappa shape index (κ2) is 3.19. The molecule has 0 aliphatic heterocycles. The molecule has 0 spiro atoms. The van der Waals surface area contributed by atoms with Crippen LogP contribution in [0.5, 0.6) is 0 Å². The first-order valence-electron chi connectivity index (χ1n) is 3.47. The first-order valence-corrected chi connectivity index (χ1v) is 3.47. The normalized spacial score (nSPS) is 16.8. The summed E-state index contributed by atoms with van der Waals surface area (Å²) >= 11 is 0. The van der Waals surface area contributed by atoms with Crippen LogP contribution in [0, 0.1) is 0 Å². The Kier molecular flexibility index (Phi) is 2.26. The van der Waals surface area contributed by atoms with Gasteiger partial charge in [0.05, 0.1) is 0 Å². The molecule has 0 aromatic rings. The van der Waals surface area contributed by atoms with Crippen LogP contribution in [0.3, 0.4) is 0 Å². The van der Waals surface area contributed by atoms with Crippen molar-refractivity contribution in [2.24, 2.45) is 0 Å². The van der Waals surface area contributed by atoms with Crippen molar-refractivity contribution in [2.45, 2.75) is 13.3 Å². The van der Waals surface area contributed by atoms with E-state index in [9.17, 15) is 4.79 Å². The van der Waals surface area contributed by atoms with E-state index in [0.717, 1.165) is 12.0 Å². The largest absolute Gasteiger partial charge is 0.478 e. The van der Waals surface area contributed by atoms with E-state index in [1.807, 2.05) is 18.2 Å². The number of hydrogen-bond donors (Lipinski definition) is 1. The zero-order valence-electron chi connectivity index (χ0n) is 6.37. The molecule has 0 unspecified atom stereocenters. The third kappa shape index (κ3) is 2.08. The molecule has 0 heterocycles. The molecule has 58 valence electrons. The molecule has 0 saturated carbocycles. The maximum Gasteiger partial charge on any atom is 0.331 e. The summed E-state index contributed by atoms with van der Waals surface area (Å²) in [6.07, 6.45) is 8.40. The van der Waals surface area contributed by atoms with E-state index < -0.39 is 5.97 Å². The van der Waals surface area contributed by atoms with Gasteiger partial charge in [-0.2, -0.15) is 0 Å². The Labute approximate surface area is 65.5 Å².